The first kappa shape index (κ1) is 18.4. The number of hydrogen-bond acceptors (Lipinski definition) is 3. The van der Waals surface area contributed by atoms with Gasteiger partial charge in [0.05, 0.1) is 10.7 Å². The molecule has 0 bridgehead atoms. The summed E-state index contributed by atoms with van der Waals surface area (Å²) >= 11 is 9.42. The summed E-state index contributed by atoms with van der Waals surface area (Å²) in [6.45, 7) is 2.27. The predicted molar refractivity (Wildman–Crippen MR) is 107 cm³/mol. The summed E-state index contributed by atoms with van der Waals surface area (Å²) in [5.74, 6) is 0.483. The van der Waals surface area contributed by atoms with E-state index in [-0.39, 0.29) is 5.91 Å². The van der Waals surface area contributed by atoms with Crippen molar-refractivity contribution in [3.63, 3.8) is 0 Å². The van der Waals surface area contributed by atoms with Crippen LogP contribution in [0.4, 0.5) is 5.69 Å². The molecule has 0 aliphatic carbocycles. The second-order valence-corrected chi connectivity index (χ2v) is 6.93. The molecule has 0 aliphatic rings. The second kappa shape index (κ2) is 8.34. The van der Waals surface area contributed by atoms with Crippen molar-refractivity contribution in [2.45, 2.75) is 13.5 Å². The highest BCUT2D eigenvalue weighted by Gasteiger charge is 2.10. The van der Waals surface area contributed by atoms with Gasteiger partial charge in [-0.3, -0.25) is 9.78 Å². The molecule has 0 aliphatic heterocycles. The highest BCUT2D eigenvalue weighted by atomic mass is 79.9. The third-order valence-corrected chi connectivity index (χ3v) is 4.94. The van der Waals surface area contributed by atoms with Gasteiger partial charge in [-0.05, 0) is 76.9 Å². The molecule has 1 heterocycles. The molecule has 1 aromatic heterocycles. The van der Waals surface area contributed by atoms with Gasteiger partial charge < -0.3 is 10.1 Å². The fourth-order valence-corrected chi connectivity index (χ4v) is 2.88. The van der Waals surface area contributed by atoms with E-state index in [1.165, 1.54) is 0 Å². The number of nitrogens with zero attached hydrogens (tertiary/aromatic N) is 1. The molecule has 1 amide bonds. The van der Waals surface area contributed by atoms with Crippen molar-refractivity contribution in [2.75, 3.05) is 5.32 Å². The molecule has 0 radical (unpaired) electrons. The zero-order chi connectivity index (χ0) is 18.5. The van der Waals surface area contributed by atoms with Crippen molar-refractivity contribution in [1.82, 2.24) is 4.98 Å². The van der Waals surface area contributed by atoms with E-state index in [1.54, 1.807) is 42.6 Å². The van der Waals surface area contributed by atoms with E-state index >= 15 is 0 Å². The summed E-state index contributed by atoms with van der Waals surface area (Å²) in [4.78, 5) is 16.6. The molecule has 1 N–H and O–H groups in total. The number of ether oxygens (including phenoxy) is 1. The second-order valence-electron chi connectivity index (χ2n) is 5.67. The zero-order valence-electron chi connectivity index (χ0n) is 14.0. The molecule has 132 valence electrons. The summed E-state index contributed by atoms with van der Waals surface area (Å²) in [6, 6.07) is 16.2. The SMILES string of the molecule is Cc1cc(Cl)c(Br)cc1NC(=O)c1ccc(OCc2ccccn2)cc1. The fourth-order valence-electron chi connectivity index (χ4n) is 2.32. The number of halogens is 2. The Balaban J connectivity index is 1.64. The normalized spacial score (nSPS) is 10.4. The standard InChI is InChI=1S/C20H16BrClN2O2/c1-13-10-18(22)17(21)11-19(13)24-20(25)14-5-7-16(8-6-14)26-12-15-4-2-3-9-23-15/h2-11H,12H2,1H3,(H,24,25). The number of pyridine rings is 1. The minimum absolute atomic E-state index is 0.196. The van der Waals surface area contributed by atoms with Crippen molar-refractivity contribution < 1.29 is 9.53 Å². The van der Waals surface area contributed by atoms with E-state index in [1.807, 2.05) is 25.1 Å². The van der Waals surface area contributed by atoms with Gasteiger partial charge in [-0.15, -0.1) is 0 Å². The van der Waals surface area contributed by atoms with E-state index in [0.717, 1.165) is 15.7 Å². The van der Waals surface area contributed by atoms with Crippen LogP contribution in [0.3, 0.4) is 0 Å². The number of anilines is 1. The smallest absolute Gasteiger partial charge is 0.255 e. The maximum Gasteiger partial charge on any atom is 0.255 e. The number of carbonyl (C=O) groups excluding carboxylic acids is 1. The summed E-state index contributed by atoms with van der Waals surface area (Å²) in [5, 5.41) is 3.50. The van der Waals surface area contributed by atoms with Gasteiger partial charge >= 0.3 is 0 Å². The Morgan fingerprint density at radius 2 is 1.96 bits per heavy atom. The van der Waals surface area contributed by atoms with Crippen LogP contribution in [0.5, 0.6) is 5.75 Å². The molecule has 2 aromatic carbocycles. The average molecular weight is 432 g/mol. The topological polar surface area (TPSA) is 51.2 Å². The predicted octanol–water partition coefficient (Wildman–Crippen LogP) is 5.64. The number of aryl methyl sites for hydroxylation is 1. The molecule has 3 rings (SSSR count). The number of rotatable bonds is 5. The van der Waals surface area contributed by atoms with E-state index in [4.69, 9.17) is 16.3 Å². The van der Waals surface area contributed by atoms with E-state index in [0.29, 0.717) is 28.6 Å². The summed E-state index contributed by atoms with van der Waals surface area (Å²) < 4.78 is 6.41. The summed E-state index contributed by atoms with van der Waals surface area (Å²) in [6.07, 6.45) is 1.73. The number of hydrogen-bond donors (Lipinski definition) is 1. The Bertz CT molecular complexity index is 915. The van der Waals surface area contributed by atoms with Crippen LogP contribution >= 0.6 is 27.5 Å². The van der Waals surface area contributed by atoms with Gasteiger partial charge in [0.1, 0.15) is 12.4 Å². The van der Waals surface area contributed by atoms with Crippen LogP contribution in [-0.4, -0.2) is 10.9 Å². The lowest BCUT2D eigenvalue weighted by atomic mass is 10.1. The molecular formula is C20H16BrClN2O2. The van der Waals surface area contributed by atoms with Crippen LogP contribution in [0.15, 0.2) is 65.3 Å². The number of benzene rings is 2. The van der Waals surface area contributed by atoms with Crippen molar-refractivity contribution in [1.29, 1.82) is 0 Å². The highest BCUT2D eigenvalue weighted by molar-refractivity contribution is 9.10. The van der Waals surface area contributed by atoms with Gasteiger partial charge in [-0.1, -0.05) is 17.7 Å². The van der Waals surface area contributed by atoms with Gasteiger partial charge in [0.2, 0.25) is 0 Å². The Morgan fingerprint density at radius 3 is 2.65 bits per heavy atom. The maximum atomic E-state index is 12.4. The van der Waals surface area contributed by atoms with Crippen LogP contribution in [0.1, 0.15) is 21.6 Å². The molecule has 0 fully saturated rings. The maximum absolute atomic E-state index is 12.4. The molecule has 4 nitrogen and oxygen atoms in total. The minimum atomic E-state index is -0.196. The van der Waals surface area contributed by atoms with Crippen LogP contribution in [-0.2, 0) is 6.61 Å². The lowest BCUT2D eigenvalue weighted by Crippen LogP contribution is -2.12. The number of carbonyl (C=O) groups is 1. The van der Waals surface area contributed by atoms with Crippen LogP contribution in [0, 0.1) is 6.92 Å². The first-order valence-corrected chi connectivity index (χ1v) is 9.10. The Labute approximate surface area is 165 Å². The van der Waals surface area contributed by atoms with E-state index in [2.05, 4.69) is 26.2 Å². The Kier molecular flexibility index (Phi) is 5.91. The lowest BCUT2D eigenvalue weighted by Gasteiger charge is -2.11. The van der Waals surface area contributed by atoms with Gasteiger partial charge in [-0.25, -0.2) is 0 Å². The molecular weight excluding hydrogens is 416 g/mol. The first-order valence-electron chi connectivity index (χ1n) is 7.92. The third kappa shape index (κ3) is 4.62. The fraction of sp³-hybridized carbons (Fsp3) is 0.100. The van der Waals surface area contributed by atoms with Gasteiger partial charge in [-0.2, -0.15) is 0 Å². The molecule has 26 heavy (non-hydrogen) atoms. The van der Waals surface area contributed by atoms with E-state index < -0.39 is 0 Å². The van der Waals surface area contributed by atoms with Gasteiger partial charge in [0, 0.05) is 21.9 Å². The molecule has 0 saturated heterocycles. The Hall–Kier alpha value is -2.37. The molecule has 3 aromatic rings. The van der Waals surface area contributed by atoms with Crippen molar-refractivity contribution in [3.8, 4) is 5.75 Å². The first-order chi connectivity index (χ1) is 12.5. The quantitative estimate of drug-likeness (QED) is 0.569. The largest absolute Gasteiger partial charge is 0.487 e. The van der Waals surface area contributed by atoms with E-state index in [9.17, 15) is 4.79 Å². The molecule has 0 atom stereocenters. The minimum Gasteiger partial charge on any atom is -0.487 e. The summed E-state index contributed by atoms with van der Waals surface area (Å²) in [7, 11) is 0. The lowest BCUT2D eigenvalue weighted by molar-refractivity contribution is 0.102. The van der Waals surface area contributed by atoms with Crippen LogP contribution < -0.4 is 10.1 Å². The Morgan fingerprint density at radius 1 is 1.19 bits per heavy atom. The molecule has 0 unspecified atom stereocenters. The third-order valence-electron chi connectivity index (χ3n) is 3.74. The number of aromatic nitrogens is 1. The summed E-state index contributed by atoms with van der Waals surface area (Å²) in [5.41, 5.74) is 2.99. The van der Waals surface area contributed by atoms with Crippen LogP contribution in [0.25, 0.3) is 0 Å². The van der Waals surface area contributed by atoms with Crippen molar-refractivity contribution in [2.24, 2.45) is 0 Å². The number of amides is 1. The number of nitrogens with one attached hydrogen (secondary N) is 1. The average Bonchev–Trinajstić information content (AvgIpc) is 2.65. The zero-order valence-corrected chi connectivity index (χ0v) is 16.3. The van der Waals surface area contributed by atoms with Crippen molar-refractivity contribution in [3.05, 3.63) is 87.1 Å². The molecule has 0 spiro atoms. The van der Waals surface area contributed by atoms with Crippen molar-refractivity contribution >= 4 is 39.1 Å². The van der Waals surface area contributed by atoms with Crippen LogP contribution in [0.2, 0.25) is 5.02 Å². The molecule has 6 heteroatoms. The monoisotopic (exact) mass is 430 g/mol. The van der Waals surface area contributed by atoms with Gasteiger partial charge in [0.25, 0.3) is 5.91 Å². The molecule has 0 saturated carbocycles. The van der Waals surface area contributed by atoms with Gasteiger partial charge in [0.15, 0.2) is 0 Å². The highest BCUT2D eigenvalue weighted by Crippen LogP contribution is 2.29.